The Kier molecular flexibility index (Phi) is 6.22. The van der Waals surface area contributed by atoms with E-state index in [0.717, 1.165) is 0 Å². The Morgan fingerprint density at radius 1 is 0.733 bits per heavy atom. The zero-order valence-electron chi connectivity index (χ0n) is 10.7. The maximum Gasteiger partial charge on any atom is 0.0290 e. The Morgan fingerprint density at radius 2 is 1.20 bits per heavy atom. The number of hydrogen-bond donors (Lipinski definition) is 0. The lowest BCUT2D eigenvalue weighted by molar-refractivity contribution is -0.210. The molecule has 0 amide bonds. The summed E-state index contributed by atoms with van der Waals surface area (Å²) in [7, 11) is 0. The third-order valence-electron chi connectivity index (χ3n) is 2.87. The van der Waals surface area contributed by atoms with E-state index in [1.54, 1.807) is 0 Å². The van der Waals surface area contributed by atoms with E-state index < -0.39 is 0 Å². The van der Waals surface area contributed by atoms with Gasteiger partial charge in [0, 0.05) is 32.7 Å². The van der Waals surface area contributed by atoms with Gasteiger partial charge in [0.1, 0.15) is 0 Å². The maximum atomic E-state index is 2.53. The molecule has 1 rings (SSSR count). The van der Waals surface area contributed by atoms with E-state index in [0.29, 0.717) is 0 Å². The Balaban J connectivity index is 2.53. The SMILES string of the molecule is CCCN1CCCN(CCC)N1CCC. The van der Waals surface area contributed by atoms with Crippen LogP contribution in [-0.2, 0) is 0 Å². The highest BCUT2D eigenvalue weighted by atomic mass is 15.9. The van der Waals surface area contributed by atoms with Gasteiger partial charge in [0.2, 0.25) is 0 Å². The highest BCUT2D eigenvalue weighted by molar-refractivity contribution is 4.65. The van der Waals surface area contributed by atoms with Gasteiger partial charge in [-0.1, -0.05) is 20.8 Å². The van der Waals surface area contributed by atoms with Crippen molar-refractivity contribution in [3.05, 3.63) is 0 Å². The number of hydrogen-bond acceptors (Lipinski definition) is 3. The molecule has 90 valence electrons. The predicted molar refractivity (Wildman–Crippen MR) is 65.3 cm³/mol. The lowest BCUT2D eigenvalue weighted by atomic mass is 10.3. The summed E-state index contributed by atoms with van der Waals surface area (Å²) in [5.41, 5.74) is 0. The molecule has 0 aromatic heterocycles. The molecule has 1 saturated heterocycles. The lowest BCUT2D eigenvalue weighted by Gasteiger charge is -2.46. The molecule has 1 fully saturated rings. The fourth-order valence-electron chi connectivity index (χ4n) is 2.30. The largest absolute Gasteiger partial charge is 0.228 e. The van der Waals surface area contributed by atoms with Gasteiger partial charge in [-0.3, -0.25) is 0 Å². The summed E-state index contributed by atoms with van der Waals surface area (Å²) in [6.45, 7) is 12.9. The molecule has 0 aromatic carbocycles. The zero-order valence-corrected chi connectivity index (χ0v) is 10.7. The third-order valence-corrected chi connectivity index (χ3v) is 2.87. The average molecular weight is 213 g/mol. The van der Waals surface area contributed by atoms with Crippen molar-refractivity contribution < 1.29 is 0 Å². The quantitative estimate of drug-likeness (QED) is 0.670. The molecule has 0 N–H and O–H groups in total. The van der Waals surface area contributed by atoms with E-state index in [-0.39, 0.29) is 0 Å². The molecule has 3 heteroatoms. The molecular formula is C12H27N3. The number of hydrazine groups is 2. The monoisotopic (exact) mass is 213 g/mol. The fourth-order valence-corrected chi connectivity index (χ4v) is 2.30. The Morgan fingerprint density at radius 3 is 1.60 bits per heavy atom. The van der Waals surface area contributed by atoms with Gasteiger partial charge in [-0.25, -0.2) is 10.0 Å². The van der Waals surface area contributed by atoms with Crippen LogP contribution < -0.4 is 0 Å². The fraction of sp³-hybridized carbons (Fsp3) is 1.00. The van der Waals surface area contributed by atoms with Crippen molar-refractivity contribution in [2.75, 3.05) is 32.7 Å². The second-order valence-electron chi connectivity index (χ2n) is 4.36. The van der Waals surface area contributed by atoms with Crippen LogP contribution in [0.1, 0.15) is 46.5 Å². The molecule has 1 heterocycles. The Labute approximate surface area is 95.0 Å². The molecule has 0 radical (unpaired) electrons. The summed E-state index contributed by atoms with van der Waals surface area (Å²) in [4.78, 5) is 0. The third kappa shape index (κ3) is 3.74. The molecule has 0 aliphatic carbocycles. The molecule has 0 unspecified atom stereocenters. The standard InChI is InChI=1S/C12H27N3/c1-4-8-13-11-7-12-14(9-5-2)15(13)10-6-3/h4-12H2,1-3H3. The second kappa shape index (κ2) is 7.20. The van der Waals surface area contributed by atoms with Crippen molar-refractivity contribution in [3.63, 3.8) is 0 Å². The lowest BCUT2D eigenvalue weighted by Crippen LogP contribution is -2.58. The zero-order chi connectivity index (χ0) is 11.1. The van der Waals surface area contributed by atoms with Crippen molar-refractivity contribution in [3.8, 4) is 0 Å². The van der Waals surface area contributed by atoms with Crippen molar-refractivity contribution in [2.24, 2.45) is 0 Å². The topological polar surface area (TPSA) is 9.72 Å². The second-order valence-corrected chi connectivity index (χ2v) is 4.36. The first-order chi connectivity index (χ1) is 7.33. The van der Waals surface area contributed by atoms with Crippen LogP contribution in [0, 0.1) is 0 Å². The van der Waals surface area contributed by atoms with Gasteiger partial charge in [-0.2, -0.15) is 5.12 Å². The maximum absolute atomic E-state index is 2.53. The van der Waals surface area contributed by atoms with Crippen LogP contribution in [0.4, 0.5) is 0 Å². The summed E-state index contributed by atoms with van der Waals surface area (Å²) >= 11 is 0. The minimum Gasteiger partial charge on any atom is -0.228 e. The number of nitrogens with zero attached hydrogens (tertiary/aromatic N) is 3. The van der Waals surface area contributed by atoms with Crippen LogP contribution in [0.2, 0.25) is 0 Å². The first kappa shape index (κ1) is 12.9. The Bertz CT molecular complexity index is 143. The highest BCUT2D eigenvalue weighted by Crippen LogP contribution is 2.14. The van der Waals surface area contributed by atoms with E-state index in [1.807, 2.05) is 0 Å². The van der Waals surface area contributed by atoms with Crippen molar-refractivity contribution in [1.29, 1.82) is 0 Å². The first-order valence-corrected chi connectivity index (χ1v) is 6.60. The summed E-state index contributed by atoms with van der Waals surface area (Å²) < 4.78 is 0. The minimum atomic E-state index is 1.18. The summed E-state index contributed by atoms with van der Waals surface area (Å²) in [5, 5.41) is 7.56. The summed E-state index contributed by atoms with van der Waals surface area (Å²) in [6, 6.07) is 0. The molecule has 0 atom stereocenters. The smallest absolute Gasteiger partial charge is 0.0290 e. The van der Waals surface area contributed by atoms with E-state index in [4.69, 9.17) is 0 Å². The van der Waals surface area contributed by atoms with Crippen molar-refractivity contribution in [2.45, 2.75) is 46.5 Å². The first-order valence-electron chi connectivity index (χ1n) is 6.60. The molecule has 1 aliphatic heterocycles. The highest BCUT2D eigenvalue weighted by Gasteiger charge is 2.24. The number of rotatable bonds is 6. The van der Waals surface area contributed by atoms with E-state index >= 15 is 0 Å². The van der Waals surface area contributed by atoms with Gasteiger partial charge in [0.25, 0.3) is 0 Å². The van der Waals surface area contributed by atoms with Gasteiger partial charge in [-0.15, -0.1) is 0 Å². The van der Waals surface area contributed by atoms with Crippen molar-refractivity contribution in [1.82, 2.24) is 15.1 Å². The normalized spacial score (nSPS) is 21.0. The van der Waals surface area contributed by atoms with Gasteiger partial charge in [-0.05, 0) is 25.7 Å². The van der Waals surface area contributed by atoms with Crippen LogP contribution in [-0.4, -0.2) is 47.9 Å². The molecule has 0 aromatic rings. The molecular weight excluding hydrogens is 186 g/mol. The van der Waals surface area contributed by atoms with Crippen LogP contribution >= 0.6 is 0 Å². The van der Waals surface area contributed by atoms with Crippen LogP contribution in [0.3, 0.4) is 0 Å². The van der Waals surface area contributed by atoms with Gasteiger partial charge in [0.15, 0.2) is 0 Å². The Hall–Kier alpha value is -0.120. The van der Waals surface area contributed by atoms with Gasteiger partial charge in [0.05, 0.1) is 0 Å². The van der Waals surface area contributed by atoms with Crippen molar-refractivity contribution >= 4 is 0 Å². The molecule has 3 nitrogen and oxygen atoms in total. The molecule has 0 spiro atoms. The predicted octanol–water partition coefficient (Wildman–Crippen LogP) is 2.36. The summed E-state index contributed by atoms with van der Waals surface area (Å²) in [6.07, 6.45) is 5.06. The van der Waals surface area contributed by atoms with Crippen LogP contribution in [0.5, 0.6) is 0 Å². The van der Waals surface area contributed by atoms with Crippen LogP contribution in [0.15, 0.2) is 0 Å². The molecule has 15 heavy (non-hydrogen) atoms. The van der Waals surface area contributed by atoms with E-state index in [1.165, 1.54) is 58.4 Å². The van der Waals surface area contributed by atoms with E-state index in [9.17, 15) is 0 Å². The molecule has 0 bridgehead atoms. The average Bonchev–Trinajstić information content (AvgIpc) is 2.23. The van der Waals surface area contributed by atoms with Gasteiger partial charge < -0.3 is 0 Å². The molecule has 0 saturated carbocycles. The molecule has 1 aliphatic rings. The van der Waals surface area contributed by atoms with E-state index in [2.05, 4.69) is 35.9 Å². The van der Waals surface area contributed by atoms with Crippen LogP contribution in [0.25, 0.3) is 0 Å². The minimum absolute atomic E-state index is 1.18. The summed E-state index contributed by atoms with van der Waals surface area (Å²) in [5.74, 6) is 0. The van der Waals surface area contributed by atoms with Gasteiger partial charge >= 0.3 is 0 Å².